The number of carbonyl (C=O) groups excluding carboxylic acids is 1. The highest BCUT2D eigenvalue weighted by Gasteiger charge is 2.59. The molecule has 0 amide bonds. The first-order valence-electron chi connectivity index (χ1n) is 10.2. The van der Waals surface area contributed by atoms with Crippen molar-refractivity contribution < 1.29 is 14.3 Å². The molecule has 7 nitrogen and oxygen atoms in total. The van der Waals surface area contributed by atoms with Crippen LogP contribution < -0.4 is 14.4 Å². The number of amidine groups is 1. The number of fused-ring (bicyclic) bond motifs is 1. The van der Waals surface area contributed by atoms with E-state index in [0.717, 1.165) is 42.4 Å². The summed E-state index contributed by atoms with van der Waals surface area (Å²) >= 11 is 0. The third-order valence-corrected chi connectivity index (χ3v) is 6.37. The van der Waals surface area contributed by atoms with Gasteiger partial charge in [0.25, 0.3) is 0 Å². The SMILES string of the molecule is COc1cc(OC)cc(N2C(=N)C(c3nc4ccccc4[nH]3)C(=O)C23CCCC3)c1. The van der Waals surface area contributed by atoms with E-state index in [-0.39, 0.29) is 11.6 Å². The number of benzene rings is 2. The van der Waals surface area contributed by atoms with E-state index in [0.29, 0.717) is 17.3 Å². The van der Waals surface area contributed by atoms with Crippen molar-refractivity contribution in [2.24, 2.45) is 0 Å². The average Bonchev–Trinajstić information content (AvgIpc) is 3.45. The normalized spacial score (nSPS) is 20.5. The van der Waals surface area contributed by atoms with Gasteiger partial charge in [-0.1, -0.05) is 25.0 Å². The van der Waals surface area contributed by atoms with Crippen molar-refractivity contribution in [3.05, 3.63) is 48.3 Å². The van der Waals surface area contributed by atoms with Gasteiger partial charge in [0.05, 0.1) is 30.9 Å². The molecule has 2 N–H and O–H groups in total. The van der Waals surface area contributed by atoms with Crippen LogP contribution >= 0.6 is 0 Å². The number of hydrogen-bond donors (Lipinski definition) is 2. The molecule has 1 unspecified atom stereocenters. The van der Waals surface area contributed by atoms with Crippen LogP contribution in [0.3, 0.4) is 0 Å². The molecule has 0 radical (unpaired) electrons. The maximum absolute atomic E-state index is 13.8. The molecule has 154 valence electrons. The Labute approximate surface area is 174 Å². The molecule has 30 heavy (non-hydrogen) atoms. The van der Waals surface area contributed by atoms with Crippen LogP contribution in [0.25, 0.3) is 11.0 Å². The van der Waals surface area contributed by atoms with Gasteiger partial charge in [-0.25, -0.2) is 4.98 Å². The van der Waals surface area contributed by atoms with Crippen LogP contribution in [-0.2, 0) is 4.79 Å². The minimum Gasteiger partial charge on any atom is -0.497 e. The number of methoxy groups -OCH3 is 2. The number of H-pyrrole nitrogens is 1. The molecule has 1 aliphatic carbocycles. The molecule has 3 aromatic rings. The summed E-state index contributed by atoms with van der Waals surface area (Å²) in [6, 6.07) is 13.2. The topological polar surface area (TPSA) is 91.3 Å². The Kier molecular flexibility index (Phi) is 4.27. The zero-order valence-corrected chi connectivity index (χ0v) is 17.1. The molecule has 1 spiro atoms. The molecule has 2 fully saturated rings. The highest BCUT2D eigenvalue weighted by atomic mass is 16.5. The monoisotopic (exact) mass is 404 g/mol. The molecular weight excluding hydrogens is 380 g/mol. The largest absolute Gasteiger partial charge is 0.497 e. The Hall–Kier alpha value is -3.35. The van der Waals surface area contributed by atoms with Gasteiger partial charge in [0, 0.05) is 18.2 Å². The van der Waals surface area contributed by atoms with Gasteiger partial charge in [-0.2, -0.15) is 0 Å². The van der Waals surface area contributed by atoms with Crippen molar-refractivity contribution in [2.75, 3.05) is 19.1 Å². The summed E-state index contributed by atoms with van der Waals surface area (Å²) in [5, 5.41) is 9.05. The van der Waals surface area contributed by atoms with Gasteiger partial charge in [0.2, 0.25) is 0 Å². The van der Waals surface area contributed by atoms with Gasteiger partial charge in [-0.15, -0.1) is 0 Å². The molecule has 5 rings (SSSR count). The summed E-state index contributed by atoms with van der Waals surface area (Å²) in [4.78, 5) is 23.6. The molecule has 1 saturated carbocycles. The van der Waals surface area contributed by atoms with Crippen molar-refractivity contribution in [3.8, 4) is 11.5 Å². The van der Waals surface area contributed by atoms with Crippen molar-refractivity contribution in [2.45, 2.75) is 37.1 Å². The van der Waals surface area contributed by atoms with Crippen LogP contribution in [0.2, 0.25) is 0 Å². The van der Waals surface area contributed by atoms with Crippen molar-refractivity contribution in [1.82, 2.24) is 9.97 Å². The smallest absolute Gasteiger partial charge is 0.176 e. The molecule has 2 aliphatic rings. The number of para-hydroxylation sites is 2. The van der Waals surface area contributed by atoms with Gasteiger partial charge >= 0.3 is 0 Å². The molecule has 1 aromatic heterocycles. The first-order valence-corrected chi connectivity index (χ1v) is 10.2. The highest BCUT2D eigenvalue weighted by Crippen LogP contribution is 2.49. The number of nitrogens with zero attached hydrogens (tertiary/aromatic N) is 2. The second-order valence-electron chi connectivity index (χ2n) is 7.97. The van der Waals surface area contributed by atoms with E-state index in [1.807, 2.05) is 41.3 Å². The van der Waals surface area contributed by atoms with Gasteiger partial charge in [0.15, 0.2) is 5.78 Å². The maximum atomic E-state index is 13.8. The molecule has 1 atom stereocenters. The molecule has 2 aromatic carbocycles. The second-order valence-corrected chi connectivity index (χ2v) is 7.97. The zero-order chi connectivity index (χ0) is 20.9. The van der Waals surface area contributed by atoms with E-state index >= 15 is 0 Å². The molecule has 1 saturated heterocycles. The highest BCUT2D eigenvalue weighted by molar-refractivity contribution is 6.26. The Morgan fingerprint density at radius 2 is 1.77 bits per heavy atom. The molecular formula is C23H24N4O3. The van der Waals surface area contributed by atoms with Gasteiger partial charge in [-0.3, -0.25) is 10.2 Å². The molecule has 1 aliphatic heterocycles. The number of carbonyl (C=O) groups is 1. The second kappa shape index (κ2) is 6.86. The lowest BCUT2D eigenvalue weighted by atomic mass is 9.88. The van der Waals surface area contributed by atoms with E-state index in [1.54, 1.807) is 20.3 Å². The van der Waals surface area contributed by atoms with Crippen LogP contribution in [0.15, 0.2) is 42.5 Å². The number of aromatic amines is 1. The third-order valence-electron chi connectivity index (χ3n) is 6.37. The number of nitrogens with one attached hydrogen (secondary N) is 2. The fourth-order valence-electron chi connectivity index (χ4n) is 4.96. The predicted octanol–water partition coefficient (Wildman–Crippen LogP) is 4.04. The Bertz CT molecular complexity index is 1090. The lowest BCUT2D eigenvalue weighted by Gasteiger charge is -2.34. The Morgan fingerprint density at radius 1 is 1.10 bits per heavy atom. The van der Waals surface area contributed by atoms with E-state index in [2.05, 4.69) is 9.97 Å². The van der Waals surface area contributed by atoms with Crippen LogP contribution in [0.5, 0.6) is 11.5 Å². The fraction of sp³-hybridized carbons (Fsp3) is 0.348. The summed E-state index contributed by atoms with van der Waals surface area (Å²) in [5.74, 6) is 1.37. The zero-order valence-electron chi connectivity index (χ0n) is 17.1. The van der Waals surface area contributed by atoms with Crippen molar-refractivity contribution in [1.29, 1.82) is 5.41 Å². The van der Waals surface area contributed by atoms with Gasteiger partial charge in [0.1, 0.15) is 34.6 Å². The molecule has 7 heteroatoms. The molecule has 0 bridgehead atoms. The first kappa shape index (κ1) is 18.7. The lowest BCUT2D eigenvalue weighted by Crippen LogP contribution is -2.47. The maximum Gasteiger partial charge on any atom is 0.176 e. The number of ketones is 1. The van der Waals surface area contributed by atoms with Crippen LogP contribution in [0.4, 0.5) is 5.69 Å². The summed E-state index contributed by atoms with van der Waals surface area (Å²) in [6.07, 6.45) is 3.38. The summed E-state index contributed by atoms with van der Waals surface area (Å²) in [7, 11) is 3.20. The van der Waals surface area contributed by atoms with Crippen molar-refractivity contribution in [3.63, 3.8) is 0 Å². The number of imidazole rings is 1. The number of aromatic nitrogens is 2. The summed E-state index contributed by atoms with van der Waals surface area (Å²) in [5.41, 5.74) is 1.69. The number of ether oxygens (including phenoxy) is 2. The van der Waals surface area contributed by atoms with Crippen LogP contribution in [0.1, 0.15) is 37.4 Å². The standard InChI is InChI=1S/C23H24N4O3/c1-29-15-11-14(12-16(13-15)30-2)27-21(24)19(20(28)23(27)9-5-6-10-23)22-25-17-7-3-4-8-18(17)26-22/h3-4,7-8,11-13,19,24H,5-6,9-10H2,1-2H3,(H,25,26). The number of anilines is 1. The third kappa shape index (κ3) is 2.61. The first-order chi connectivity index (χ1) is 14.6. The Balaban J connectivity index is 1.65. The van der Waals surface area contributed by atoms with E-state index < -0.39 is 11.5 Å². The van der Waals surface area contributed by atoms with Crippen LogP contribution in [-0.4, -0.2) is 41.3 Å². The number of hydrogen-bond acceptors (Lipinski definition) is 5. The summed E-state index contributed by atoms with van der Waals surface area (Å²) in [6.45, 7) is 0. The Morgan fingerprint density at radius 3 is 2.40 bits per heavy atom. The predicted molar refractivity (Wildman–Crippen MR) is 115 cm³/mol. The van der Waals surface area contributed by atoms with Crippen LogP contribution in [0, 0.1) is 5.41 Å². The fourth-order valence-corrected chi connectivity index (χ4v) is 4.96. The number of rotatable bonds is 4. The average molecular weight is 404 g/mol. The lowest BCUT2D eigenvalue weighted by molar-refractivity contribution is -0.122. The molecule has 2 heterocycles. The quantitative estimate of drug-likeness (QED) is 0.685. The van der Waals surface area contributed by atoms with Crippen molar-refractivity contribution >= 4 is 28.3 Å². The van der Waals surface area contributed by atoms with E-state index in [9.17, 15) is 4.79 Å². The number of Topliss-reactive ketones (excluding diaryl/α,β-unsaturated/α-hetero) is 1. The summed E-state index contributed by atoms with van der Waals surface area (Å²) < 4.78 is 10.9. The minimum atomic E-state index is -0.724. The van der Waals surface area contributed by atoms with E-state index in [4.69, 9.17) is 14.9 Å². The van der Waals surface area contributed by atoms with Gasteiger partial charge in [-0.05, 0) is 25.0 Å². The minimum absolute atomic E-state index is 0.0471. The van der Waals surface area contributed by atoms with Gasteiger partial charge < -0.3 is 19.4 Å². The van der Waals surface area contributed by atoms with E-state index in [1.165, 1.54) is 0 Å².